The Bertz CT molecular complexity index is 743. The predicted octanol–water partition coefficient (Wildman–Crippen LogP) is 2.58. The first-order valence-corrected chi connectivity index (χ1v) is 10.9. The van der Waals surface area contributed by atoms with Crippen LogP contribution in [0.4, 0.5) is 0 Å². The van der Waals surface area contributed by atoms with E-state index in [1.807, 2.05) is 0 Å². The first-order chi connectivity index (χ1) is 14.3. The normalized spacial score (nSPS) is 15.9. The summed E-state index contributed by atoms with van der Waals surface area (Å²) in [6.07, 6.45) is 8.12. The molecule has 1 aromatic carbocycles. The second-order valence-corrected chi connectivity index (χ2v) is 7.65. The van der Waals surface area contributed by atoms with Gasteiger partial charge in [-0.3, -0.25) is 9.89 Å². The van der Waals surface area contributed by atoms with E-state index in [-0.39, 0.29) is 0 Å². The summed E-state index contributed by atoms with van der Waals surface area (Å²) in [5.74, 6) is 1.82. The van der Waals surface area contributed by atoms with E-state index in [1.54, 1.807) is 13.4 Å². The van der Waals surface area contributed by atoms with Crippen LogP contribution in [0.2, 0.25) is 0 Å². The van der Waals surface area contributed by atoms with Crippen LogP contribution in [-0.2, 0) is 26.1 Å². The van der Waals surface area contributed by atoms with E-state index in [0.717, 1.165) is 44.4 Å². The Kier molecular flexibility index (Phi) is 8.49. The molecule has 1 aromatic heterocycles. The minimum absolute atomic E-state index is 0.760. The van der Waals surface area contributed by atoms with Crippen LogP contribution in [0.5, 0.6) is 0 Å². The number of nitrogens with zero attached hydrogens (tertiary/aromatic N) is 5. The summed E-state index contributed by atoms with van der Waals surface area (Å²) in [5, 5.41) is 14.8. The van der Waals surface area contributed by atoms with Gasteiger partial charge in [-0.1, -0.05) is 44.0 Å². The summed E-state index contributed by atoms with van der Waals surface area (Å²) < 4.78 is 2.07. The van der Waals surface area contributed by atoms with E-state index in [2.05, 4.69) is 66.5 Å². The van der Waals surface area contributed by atoms with Crippen molar-refractivity contribution in [3.05, 3.63) is 47.5 Å². The van der Waals surface area contributed by atoms with Crippen LogP contribution in [0.25, 0.3) is 0 Å². The van der Waals surface area contributed by atoms with Gasteiger partial charge in [-0.2, -0.15) is 0 Å². The molecule has 0 radical (unpaired) electrons. The Hall–Kier alpha value is -2.41. The molecule has 1 aliphatic rings. The van der Waals surface area contributed by atoms with Crippen molar-refractivity contribution in [2.24, 2.45) is 4.99 Å². The highest BCUT2D eigenvalue weighted by molar-refractivity contribution is 5.79. The van der Waals surface area contributed by atoms with Gasteiger partial charge in [-0.15, -0.1) is 10.2 Å². The molecule has 0 unspecified atom stereocenters. The molecular formula is C22H35N7. The van der Waals surface area contributed by atoms with Crippen molar-refractivity contribution >= 4 is 5.96 Å². The molecule has 158 valence electrons. The smallest absolute Gasteiger partial charge is 0.191 e. The number of rotatable bonds is 8. The van der Waals surface area contributed by atoms with Gasteiger partial charge in [0.2, 0.25) is 0 Å². The van der Waals surface area contributed by atoms with Crippen LogP contribution >= 0.6 is 0 Å². The molecule has 2 N–H and O–H groups in total. The summed E-state index contributed by atoms with van der Waals surface area (Å²) in [6, 6.07) is 8.96. The van der Waals surface area contributed by atoms with Gasteiger partial charge in [0.25, 0.3) is 0 Å². The maximum atomic E-state index is 4.32. The highest BCUT2D eigenvalue weighted by Gasteiger charge is 2.09. The van der Waals surface area contributed by atoms with E-state index in [0.29, 0.717) is 0 Å². The van der Waals surface area contributed by atoms with Crippen molar-refractivity contribution in [3.63, 3.8) is 0 Å². The summed E-state index contributed by atoms with van der Waals surface area (Å²) >= 11 is 0. The third kappa shape index (κ3) is 6.85. The third-order valence-corrected chi connectivity index (χ3v) is 5.47. The number of nitrogens with one attached hydrogen (secondary N) is 2. The molecule has 7 heteroatoms. The lowest BCUT2D eigenvalue weighted by molar-refractivity contribution is 0.277. The number of hydrogen-bond acceptors (Lipinski definition) is 4. The summed E-state index contributed by atoms with van der Waals surface area (Å²) in [6.45, 7) is 7.99. The molecule has 0 aliphatic carbocycles. The van der Waals surface area contributed by atoms with Crippen LogP contribution in [0, 0.1) is 0 Å². The number of aromatic nitrogens is 3. The highest BCUT2D eigenvalue weighted by Crippen LogP contribution is 2.13. The summed E-state index contributed by atoms with van der Waals surface area (Å²) in [7, 11) is 1.80. The van der Waals surface area contributed by atoms with Gasteiger partial charge in [0.1, 0.15) is 12.2 Å². The molecule has 2 aromatic rings. The van der Waals surface area contributed by atoms with Crippen LogP contribution in [0.15, 0.2) is 35.6 Å². The van der Waals surface area contributed by atoms with Gasteiger partial charge in [-0.25, -0.2) is 0 Å². The first-order valence-electron chi connectivity index (χ1n) is 10.9. The van der Waals surface area contributed by atoms with Crippen molar-refractivity contribution in [1.29, 1.82) is 0 Å². The van der Waals surface area contributed by atoms with Crippen LogP contribution < -0.4 is 10.6 Å². The van der Waals surface area contributed by atoms with E-state index >= 15 is 0 Å². The molecule has 2 heterocycles. The zero-order chi connectivity index (χ0) is 20.3. The van der Waals surface area contributed by atoms with Gasteiger partial charge in [0.05, 0.1) is 0 Å². The second kappa shape index (κ2) is 11.6. The Morgan fingerprint density at radius 1 is 1.03 bits per heavy atom. The fraction of sp³-hybridized carbons (Fsp3) is 0.591. The standard InChI is InChI=1S/C22H35N7/c1-3-21-27-26-18-29(21)15-12-24-22(23-2)25-16-19-8-10-20(11-9-19)17-28-13-6-4-5-7-14-28/h8-11,18H,3-7,12-17H2,1-2H3,(H2,23,24,25). The molecular weight excluding hydrogens is 362 g/mol. The Morgan fingerprint density at radius 2 is 1.76 bits per heavy atom. The lowest BCUT2D eigenvalue weighted by Gasteiger charge is -2.20. The van der Waals surface area contributed by atoms with Crippen molar-refractivity contribution in [2.45, 2.75) is 58.7 Å². The van der Waals surface area contributed by atoms with E-state index in [1.165, 1.54) is 49.9 Å². The number of hydrogen-bond donors (Lipinski definition) is 2. The number of likely N-dealkylation sites (tertiary alicyclic amines) is 1. The SMILES string of the molecule is CCc1nncn1CCNC(=NC)NCc1ccc(CN2CCCCCC2)cc1. The Balaban J connectivity index is 1.40. The molecule has 0 spiro atoms. The second-order valence-electron chi connectivity index (χ2n) is 7.65. The van der Waals surface area contributed by atoms with Crippen LogP contribution in [0.1, 0.15) is 49.6 Å². The fourth-order valence-electron chi connectivity index (χ4n) is 3.76. The van der Waals surface area contributed by atoms with Gasteiger partial charge in [-0.05, 0) is 37.1 Å². The highest BCUT2D eigenvalue weighted by atomic mass is 15.3. The van der Waals surface area contributed by atoms with Gasteiger partial charge < -0.3 is 15.2 Å². The fourth-order valence-corrected chi connectivity index (χ4v) is 3.76. The Labute approximate surface area is 174 Å². The molecule has 3 rings (SSSR count). The van der Waals surface area contributed by atoms with Gasteiger partial charge >= 0.3 is 0 Å². The molecule has 1 saturated heterocycles. The van der Waals surface area contributed by atoms with Crippen molar-refractivity contribution in [1.82, 2.24) is 30.3 Å². The lowest BCUT2D eigenvalue weighted by Crippen LogP contribution is -2.38. The first kappa shape index (κ1) is 21.3. The van der Waals surface area contributed by atoms with Crippen molar-refractivity contribution in [3.8, 4) is 0 Å². The summed E-state index contributed by atoms with van der Waals surface area (Å²) in [4.78, 5) is 6.90. The monoisotopic (exact) mass is 397 g/mol. The van der Waals surface area contributed by atoms with E-state index in [9.17, 15) is 0 Å². The minimum atomic E-state index is 0.760. The number of aryl methyl sites for hydroxylation is 1. The molecule has 0 atom stereocenters. The molecule has 7 nitrogen and oxygen atoms in total. The quantitative estimate of drug-likeness (QED) is 0.529. The third-order valence-electron chi connectivity index (χ3n) is 5.47. The predicted molar refractivity (Wildman–Crippen MR) is 118 cm³/mol. The average Bonchev–Trinajstić information content (AvgIpc) is 3.05. The number of aliphatic imine (C=N–C) groups is 1. The largest absolute Gasteiger partial charge is 0.355 e. The maximum absolute atomic E-state index is 4.32. The maximum Gasteiger partial charge on any atom is 0.191 e. The average molecular weight is 398 g/mol. The van der Waals surface area contributed by atoms with Gasteiger partial charge in [0.15, 0.2) is 5.96 Å². The van der Waals surface area contributed by atoms with Crippen LogP contribution in [-0.4, -0.2) is 52.3 Å². The van der Waals surface area contributed by atoms with Gasteiger partial charge in [0, 0.05) is 39.6 Å². The lowest BCUT2D eigenvalue weighted by atomic mass is 10.1. The molecule has 1 aliphatic heterocycles. The van der Waals surface area contributed by atoms with Crippen molar-refractivity contribution in [2.75, 3.05) is 26.7 Å². The number of benzene rings is 1. The molecule has 1 fully saturated rings. The zero-order valence-electron chi connectivity index (χ0n) is 17.9. The Morgan fingerprint density at radius 3 is 2.45 bits per heavy atom. The molecule has 0 amide bonds. The summed E-state index contributed by atoms with van der Waals surface area (Å²) in [5.41, 5.74) is 2.67. The molecule has 0 bridgehead atoms. The zero-order valence-corrected chi connectivity index (χ0v) is 17.9. The topological polar surface area (TPSA) is 70.4 Å². The van der Waals surface area contributed by atoms with E-state index < -0.39 is 0 Å². The van der Waals surface area contributed by atoms with Crippen LogP contribution in [0.3, 0.4) is 0 Å². The minimum Gasteiger partial charge on any atom is -0.355 e. The number of guanidine groups is 1. The molecule has 29 heavy (non-hydrogen) atoms. The van der Waals surface area contributed by atoms with Crippen molar-refractivity contribution < 1.29 is 0 Å². The molecule has 0 saturated carbocycles. The van der Waals surface area contributed by atoms with E-state index in [4.69, 9.17) is 0 Å².